The molecule has 1 fully saturated rings. The van der Waals surface area contributed by atoms with Crippen molar-refractivity contribution in [3.63, 3.8) is 0 Å². The van der Waals surface area contributed by atoms with Crippen molar-refractivity contribution >= 4 is 0 Å². The van der Waals surface area contributed by atoms with E-state index in [4.69, 9.17) is 0 Å². The number of aliphatic hydroxyl groups is 1. The molecule has 1 aromatic rings. The van der Waals surface area contributed by atoms with Crippen LogP contribution in [0.2, 0.25) is 0 Å². The number of benzene rings is 1. The highest BCUT2D eigenvalue weighted by molar-refractivity contribution is 5.23. The second-order valence-corrected chi connectivity index (χ2v) is 5.77. The van der Waals surface area contributed by atoms with Crippen LogP contribution in [-0.4, -0.2) is 29.6 Å². The van der Waals surface area contributed by atoms with Gasteiger partial charge in [0.05, 0.1) is 6.10 Å². The lowest BCUT2D eigenvalue weighted by Gasteiger charge is -2.25. The van der Waals surface area contributed by atoms with E-state index in [-0.39, 0.29) is 6.10 Å². The fraction of sp³-hybridized carbons (Fsp3) is 0.625. The van der Waals surface area contributed by atoms with Crippen LogP contribution in [0.1, 0.15) is 43.4 Å². The maximum Gasteiger partial charge on any atom is 0.0802 e. The Balaban J connectivity index is 1.80. The van der Waals surface area contributed by atoms with Gasteiger partial charge in [-0.1, -0.05) is 29.8 Å². The van der Waals surface area contributed by atoms with E-state index < -0.39 is 0 Å². The van der Waals surface area contributed by atoms with E-state index in [9.17, 15) is 5.11 Å². The topological polar surface area (TPSA) is 23.5 Å². The van der Waals surface area contributed by atoms with Gasteiger partial charge in [-0.2, -0.15) is 0 Å². The quantitative estimate of drug-likeness (QED) is 0.834. The summed E-state index contributed by atoms with van der Waals surface area (Å²) in [5.41, 5.74) is 2.28. The molecule has 2 nitrogen and oxygen atoms in total. The highest BCUT2D eigenvalue weighted by atomic mass is 16.3. The van der Waals surface area contributed by atoms with E-state index in [0.717, 1.165) is 24.4 Å². The molecule has 0 bridgehead atoms. The summed E-state index contributed by atoms with van der Waals surface area (Å²) in [7, 11) is 2.17. The summed E-state index contributed by atoms with van der Waals surface area (Å²) in [6, 6.07) is 8.86. The molecule has 2 rings (SSSR count). The van der Waals surface area contributed by atoms with Crippen LogP contribution in [0.25, 0.3) is 0 Å². The minimum Gasteiger partial charge on any atom is -0.388 e. The number of aryl methyl sites for hydroxylation is 1. The van der Waals surface area contributed by atoms with E-state index in [2.05, 4.69) is 37.9 Å². The van der Waals surface area contributed by atoms with Crippen LogP contribution < -0.4 is 0 Å². The molecule has 1 aliphatic carbocycles. The predicted molar refractivity (Wildman–Crippen MR) is 75.6 cm³/mol. The van der Waals surface area contributed by atoms with E-state index in [1.807, 2.05) is 12.1 Å². The van der Waals surface area contributed by atoms with Crippen LogP contribution in [0.4, 0.5) is 0 Å². The van der Waals surface area contributed by atoms with Crippen LogP contribution >= 0.6 is 0 Å². The van der Waals surface area contributed by atoms with Crippen molar-refractivity contribution in [2.45, 2.75) is 45.3 Å². The van der Waals surface area contributed by atoms with Crippen molar-refractivity contribution in [2.75, 3.05) is 13.6 Å². The van der Waals surface area contributed by atoms with Gasteiger partial charge < -0.3 is 10.0 Å². The Morgan fingerprint density at radius 2 is 1.89 bits per heavy atom. The van der Waals surface area contributed by atoms with Crippen molar-refractivity contribution in [1.82, 2.24) is 4.90 Å². The number of hydrogen-bond donors (Lipinski definition) is 1. The molecule has 2 atom stereocenters. The van der Waals surface area contributed by atoms with Gasteiger partial charge in [0.25, 0.3) is 0 Å². The monoisotopic (exact) mass is 247 g/mol. The van der Waals surface area contributed by atoms with E-state index in [0.29, 0.717) is 6.04 Å². The van der Waals surface area contributed by atoms with Crippen LogP contribution in [0.5, 0.6) is 0 Å². The molecule has 0 amide bonds. The minimum absolute atomic E-state index is 0.334. The third-order valence-electron chi connectivity index (χ3n) is 4.22. The first kappa shape index (κ1) is 13.6. The third-order valence-corrected chi connectivity index (χ3v) is 4.22. The molecular formula is C16H25NO. The van der Waals surface area contributed by atoms with Gasteiger partial charge >= 0.3 is 0 Å². The Hall–Kier alpha value is -0.860. The molecule has 1 saturated carbocycles. The molecule has 0 aromatic heterocycles. The van der Waals surface area contributed by atoms with Crippen molar-refractivity contribution < 1.29 is 5.11 Å². The molecule has 0 radical (unpaired) electrons. The fourth-order valence-corrected chi connectivity index (χ4v) is 2.42. The summed E-state index contributed by atoms with van der Waals surface area (Å²) in [6.45, 7) is 5.34. The largest absolute Gasteiger partial charge is 0.388 e. The van der Waals surface area contributed by atoms with E-state index >= 15 is 0 Å². The van der Waals surface area contributed by atoms with Crippen molar-refractivity contribution in [3.8, 4) is 0 Å². The second kappa shape index (κ2) is 5.85. The zero-order chi connectivity index (χ0) is 13.1. The number of rotatable bonds is 6. The van der Waals surface area contributed by atoms with Gasteiger partial charge in [0.15, 0.2) is 0 Å². The van der Waals surface area contributed by atoms with Gasteiger partial charge in [-0.3, -0.25) is 0 Å². The maximum absolute atomic E-state index is 10.2. The molecule has 18 heavy (non-hydrogen) atoms. The lowest BCUT2D eigenvalue weighted by Crippen LogP contribution is -2.32. The van der Waals surface area contributed by atoms with Gasteiger partial charge in [0, 0.05) is 12.6 Å². The number of nitrogens with zero attached hydrogens (tertiary/aromatic N) is 1. The summed E-state index contributed by atoms with van der Waals surface area (Å²) in [5, 5.41) is 10.2. The molecule has 2 heteroatoms. The molecule has 1 aliphatic rings. The zero-order valence-electron chi connectivity index (χ0n) is 11.8. The average Bonchev–Trinajstić information content (AvgIpc) is 3.19. The molecule has 1 aromatic carbocycles. The predicted octanol–water partition coefficient (Wildman–Crippen LogP) is 3.15. The van der Waals surface area contributed by atoms with Gasteiger partial charge in [-0.15, -0.1) is 0 Å². The van der Waals surface area contributed by atoms with Crippen LogP contribution in [0.3, 0.4) is 0 Å². The standard InChI is InChI=1S/C16H25NO/c1-12-4-6-15(7-5-12)16(18)10-11-17(3)13(2)14-8-9-14/h4-7,13-14,16,18H,8-11H2,1-3H3. The molecule has 1 N–H and O–H groups in total. The summed E-state index contributed by atoms with van der Waals surface area (Å²) in [6.07, 6.45) is 3.24. The summed E-state index contributed by atoms with van der Waals surface area (Å²) in [4.78, 5) is 2.38. The van der Waals surface area contributed by atoms with Crippen molar-refractivity contribution in [1.29, 1.82) is 0 Å². The van der Waals surface area contributed by atoms with Gasteiger partial charge in [0.1, 0.15) is 0 Å². The average molecular weight is 247 g/mol. The first-order valence-electron chi connectivity index (χ1n) is 7.03. The molecule has 0 spiro atoms. The van der Waals surface area contributed by atoms with Gasteiger partial charge in [-0.25, -0.2) is 0 Å². The lowest BCUT2D eigenvalue weighted by molar-refractivity contribution is 0.135. The molecule has 0 aliphatic heterocycles. The normalized spacial score (nSPS) is 18.9. The Kier molecular flexibility index (Phi) is 4.41. The third kappa shape index (κ3) is 3.56. The summed E-state index contributed by atoms with van der Waals surface area (Å²) >= 11 is 0. The number of hydrogen-bond acceptors (Lipinski definition) is 2. The minimum atomic E-state index is -0.334. The smallest absolute Gasteiger partial charge is 0.0802 e. The first-order chi connectivity index (χ1) is 8.58. The number of aliphatic hydroxyl groups excluding tert-OH is 1. The zero-order valence-corrected chi connectivity index (χ0v) is 11.8. The molecule has 100 valence electrons. The fourth-order valence-electron chi connectivity index (χ4n) is 2.42. The molecular weight excluding hydrogens is 222 g/mol. The van der Waals surface area contributed by atoms with E-state index in [1.54, 1.807) is 0 Å². The Bertz CT molecular complexity index is 369. The highest BCUT2D eigenvalue weighted by Crippen LogP contribution is 2.34. The SMILES string of the molecule is Cc1ccc(C(O)CCN(C)C(C)C2CC2)cc1. The molecule has 0 heterocycles. The molecule has 2 unspecified atom stereocenters. The first-order valence-corrected chi connectivity index (χ1v) is 7.03. The Morgan fingerprint density at radius 1 is 1.28 bits per heavy atom. The molecule has 0 saturated heterocycles. The summed E-state index contributed by atoms with van der Waals surface area (Å²) < 4.78 is 0. The lowest BCUT2D eigenvalue weighted by atomic mass is 10.0. The maximum atomic E-state index is 10.2. The van der Waals surface area contributed by atoms with Crippen LogP contribution in [0, 0.1) is 12.8 Å². The van der Waals surface area contributed by atoms with Crippen molar-refractivity contribution in [2.24, 2.45) is 5.92 Å². The highest BCUT2D eigenvalue weighted by Gasteiger charge is 2.30. The van der Waals surface area contributed by atoms with Crippen LogP contribution in [-0.2, 0) is 0 Å². The Labute approximate surface area is 111 Å². The van der Waals surface area contributed by atoms with Crippen molar-refractivity contribution in [3.05, 3.63) is 35.4 Å². The Morgan fingerprint density at radius 3 is 2.44 bits per heavy atom. The van der Waals surface area contributed by atoms with Gasteiger partial charge in [0.2, 0.25) is 0 Å². The van der Waals surface area contributed by atoms with Gasteiger partial charge in [-0.05, 0) is 51.6 Å². The second-order valence-electron chi connectivity index (χ2n) is 5.77. The van der Waals surface area contributed by atoms with Crippen LogP contribution in [0.15, 0.2) is 24.3 Å². The summed E-state index contributed by atoms with van der Waals surface area (Å²) in [5.74, 6) is 0.895. The van der Waals surface area contributed by atoms with E-state index in [1.165, 1.54) is 18.4 Å².